The highest BCUT2D eigenvalue weighted by atomic mass is 16.5. The summed E-state index contributed by atoms with van der Waals surface area (Å²) in [5, 5.41) is 0. The number of unbranched alkanes of at least 4 members (excludes halogenated alkanes) is 8. The van der Waals surface area contributed by atoms with E-state index in [0.29, 0.717) is 0 Å². The SMILES string of the molecule is CCCCCCCC=C(CCCCCC)C(=O)OC. The first-order valence-electron chi connectivity index (χ1n) is 8.03. The highest BCUT2D eigenvalue weighted by Crippen LogP contribution is 2.14. The lowest BCUT2D eigenvalue weighted by Gasteiger charge is -2.05. The summed E-state index contributed by atoms with van der Waals surface area (Å²) in [6.45, 7) is 4.43. The van der Waals surface area contributed by atoms with Crippen LogP contribution >= 0.6 is 0 Å². The summed E-state index contributed by atoms with van der Waals surface area (Å²) in [5.41, 5.74) is 0.883. The van der Waals surface area contributed by atoms with Crippen molar-refractivity contribution in [1.82, 2.24) is 0 Å². The molecule has 0 aromatic heterocycles. The molecule has 0 rings (SSSR count). The van der Waals surface area contributed by atoms with E-state index >= 15 is 0 Å². The molecule has 0 aliphatic rings. The third-order valence-electron chi connectivity index (χ3n) is 3.45. The second kappa shape index (κ2) is 13.6. The molecule has 2 heteroatoms. The van der Waals surface area contributed by atoms with Crippen molar-refractivity contribution in [3.63, 3.8) is 0 Å². The predicted molar refractivity (Wildman–Crippen MR) is 82.2 cm³/mol. The number of methoxy groups -OCH3 is 1. The molecule has 0 atom stereocenters. The average molecular weight is 268 g/mol. The van der Waals surface area contributed by atoms with Gasteiger partial charge in [-0.2, -0.15) is 0 Å². The van der Waals surface area contributed by atoms with Crippen LogP contribution in [0.5, 0.6) is 0 Å². The molecule has 0 aliphatic heterocycles. The van der Waals surface area contributed by atoms with Crippen LogP contribution < -0.4 is 0 Å². The number of ether oxygens (including phenoxy) is 1. The minimum atomic E-state index is -0.134. The van der Waals surface area contributed by atoms with Crippen molar-refractivity contribution in [2.24, 2.45) is 0 Å². The molecule has 0 bridgehead atoms. The Labute approximate surface area is 119 Å². The molecule has 0 spiro atoms. The zero-order valence-electron chi connectivity index (χ0n) is 13.2. The van der Waals surface area contributed by atoms with Crippen molar-refractivity contribution in [1.29, 1.82) is 0 Å². The number of hydrogen-bond acceptors (Lipinski definition) is 2. The van der Waals surface area contributed by atoms with Crippen molar-refractivity contribution in [2.75, 3.05) is 7.11 Å². The van der Waals surface area contributed by atoms with Crippen molar-refractivity contribution < 1.29 is 9.53 Å². The Hall–Kier alpha value is -0.790. The van der Waals surface area contributed by atoms with Crippen LogP contribution in [0.1, 0.15) is 84.5 Å². The minimum Gasteiger partial charge on any atom is -0.466 e. The highest BCUT2D eigenvalue weighted by Gasteiger charge is 2.08. The van der Waals surface area contributed by atoms with Crippen LogP contribution in [0.2, 0.25) is 0 Å². The quantitative estimate of drug-likeness (QED) is 0.268. The van der Waals surface area contributed by atoms with Gasteiger partial charge < -0.3 is 4.74 Å². The summed E-state index contributed by atoms with van der Waals surface area (Å²) >= 11 is 0. The van der Waals surface area contributed by atoms with Gasteiger partial charge in [0.25, 0.3) is 0 Å². The maximum atomic E-state index is 11.7. The number of carbonyl (C=O) groups excluding carboxylic acids is 1. The molecule has 0 N–H and O–H groups in total. The Balaban J connectivity index is 3.93. The molecule has 0 amide bonds. The number of carbonyl (C=O) groups is 1. The second-order valence-corrected chi connectivity index (χ2v) is 5.23. The first-order chi connectivity index (χ1) is 9.26. The number of allylic oxidation sites excluding steroid dienone is 1. The van der Waals surface area contributed by atoms with Gasteiger partial charge in [-0.1, -0.05) is 64.9 Å². The van der Waals surface area contributed by atoms with Gasteiger partial charge in [0.1, 0.15) is 0 Å². The Bertz CT molecular complexity index is 244. The average Bonchev–Trinajstić information content (AvgIpc) is 2.44. The van der Waals surface area contributed by atoms with E-state index in [9.17, 15) is 4.79 Å². The summed E-state index contributed by atoms with van der Waals surface area (Å²) in [7, 11) is 1.48. The van der Waals surface area contributed by atoms with Gasteiger partial charge in [-0.05, 0) is 25.7 Å². The van der Waals surface area contributed by atoms with Crippen LogP contribution in [0.4, 0.5) is 0 Å². The van der Waals surface area contributed by atoms with E-state index in [0.717, 1.165) is 24.8 Å². The van der Waals surface area contributed by atoms with E-state index in [1.807, 2.05) is 0 Å². The Kier molecular flexibility index (Phi) is 13.1. The third kappa shape index (κ3) is 10.8. The predicted octanol–water partition coefficient (Wildman–Crippen LogP) is 5.42. The van der Waals surface area contributed by atoms with Gasteiger partial charge >= 0.3 is 5.97 Å². The largest absolute Gasteiger partial charge is 0.466 e. The molecule has 0 saturated carbocycles. The van der Waals surface area contributed by atoms with Gasteiger partial charge in [-0.3, -0.25) is 0 Å². The van der Waals surface area contributed by atoms with Crippen molar-refractivity contribution in [3.8, 4) is 0 Å². The molecule has 0 unspecified atom stereocenters. The molecule has 0 aromatic rings. The molecule has 2 nitrogen and oxygen atoms in total. The Morgan fingerprint density at radius 3 is 2.05 bits per heavy atom. The van der Waals surface area contributed by atoms with E-state index in [1.54, 1.807) is 0 Å². The van der Waals surface area contributed by atoms with E-state index < -0.39 is 0 Å². The smallest absolute Gasteiger partial charge is 0.333 e. The van der Waals surface area contributed by atoms with Crippen LogP contribution in [-0.2, 0) is 9.53 Å². The number of rotatable bonds is 12. The topological polar surface area (TPSA) is 26.3 Å². The van der Waals surface area contributed by atoms with Crippen LogP contribution in [-0.4, -0.2) is 13.1 Å². The van der Waals surface area contributed by atoms with E-state index in [4.69, 9.17) is 4.74 Å². The Morgan fingerprint density at radius 2 is 1.47 bits per heavy atom. The summed E-state index contributed by atoms with van der Waals surface area (Å²) in [5.74, 6) is -0.134. The fourth-order valence-electron chi connectivity index (χ4n) is 2.18. The van der Waals surface area contributed by atoms with Crippen molar-refractivity contribution in [2.45, 2.75) is 84.5 Å². The zero-order chi connectivity index (χ0) is 14.3. The molecule has 0 radical (unpaired) electrons. The van der Waals surface area contributed by atoms with E-state index in [-0.39, 0.29) is 5.97 Å². The molecule has 0 fully saturated rings. The molecule has 0 saturated heterocycles. The highest BCUT2D eigenvalue weighted by molar-refractivity contribution is 5.88. The van der Waals surface area contributed by atoms with Crippen LogP contribution in [0.15, 0.2) is 11.6 Å². The maximum absolute atomic E-state index is 11.7. The number of hydrogen-bond donors (Lipinski definition) is 0. The lowest BCUT2D eigenvalue weighted by Crippen LogP contribution is -2.05. The van der Waals surface area contributed by atoms with Gasteiger partial charge in [0, 0.05) is 5.57 Å². The minimum absolute atomic E-state index is 0.134. The fourth-order valence-corrected chi connectivity index (χ4v) is 2.18. The zero-order valence-corrected chi connectivity index (χ0v) is 13.2. The van der Waals surface area contributed by atoms with Gasteiger partial charge in [-0.15, -0.1) is 0 Å². The molecule has 112 valence electrons. The molecule has 19 heavy (non-hydrogen) atoms. The molecular formula is C17H32O2. The van der Waals surface area contributed by atoms with Crippen LogP contribution in [0, 0.1) is 0 Å². The standard InChI is InChI=1S/C17H32O2/c1-4-6-8-10-11-13-15-16(17(18)19-3)14-12-9-7-5-2/h15H,4-14H2,1-3H3. The summed E-state index contributed by atoms with van der Waals surface area (Å²) in [6, 6.07) is 0. The molecule has 0 aromatic carbocycles. The van der Waals surface area contributed by atoms with Crippen LogP contribution in [0.25, 0.3) is 0 Å². The van der Waals surface area contributed by atoms with Gasteiger partial charge in [0.05, 0.1) is 7.11 Å². The first kappa shape index (κ1) is 18.2. The fraction of sp³-hybridized carbons (Fsp3) is 0.824. The summed E-state index contributed by atoms with van der Waals surface area (Å²) < 4.78 is 4.86. The van der Waals surface area contributed by atoms with Gasteiger partial charge in [0.2, 0.25) is 0 Å². The maximum Gasteiger partial charge on any atom is 0.333 e. The summed E-state index contributed by atoms with van der Waals surface area (Å²) in [4.78, 5) is 11.7. The molecule has 0 heterocycles. The van der Waals surface area contributed by atoms with E-state index in [1.165, 1.54) is 58.5 Å². The van der Waals surface area contributed by atoms with Crippen LogP contribution in [0.3, 0.4) is 0 Å². The first-order valence-corrected chi connectivity index (χ1v) is 8.03. The number of esters is 1. The monoisotopic (exact) mass is 268 g/mol. The van der Waals surface area contributed by atoms with E-state index in [2.05, 4.69) is 19.9 Å². The van der Waals surface area contributed by atoms with Crippen molar-refractivity contribution in [3.05, 3.63) is 11.6 Å². The third-order valence-corrected chi connectivity index (χ3v) is 3.45. The van der Waals surface area contributed by atoms with Gasteiger partial charge in [-0.25, -0.2) is 4.79 Å². The lowest BCUT2D eigenvalue weighted by atomic mass is 10.0. The molecule has 0 aliphatic carbocycles. The van der Waals surface area contributed by atoms with Crippen molar-refractivity contribution >= 4 is 5.97 Å². The second-order valence-electron chi connectivity index (χ2n) is 5.23. The lowest BCUT2D eigenvalue weighted by molar-refractivity contribution is -0.136. The Morgan fingerprint density at radius 1 is 0.895 bits per heavy atom. The van der Waals surface area contributed by atoms with Gasteiger partial charge in [0.15, 0.2) is 0 Å². The molecular weight excluding hydrogens is 236 g/mol. The normalized spacial score (nSPS) is 11.6. The summed E-state index contributed by atoms with van der Waals surface area (Å²) in [6.07, 6.45) is 15.2.